The Morgan fingerprint density at radius 3 is 1.47 bits per heavy atom. The molecule has 43 heavy (non-hydrogen) atoms. The zero-order chi connectivity index (χ0) is 29.3. The Bertz CT molecular complexity index is 2220. The molecule has 4 heterocycles. The molecule has 0 aliphatic rings. The van der Waals surface area contributed by atoms with Gasteiger partial charge in [-0.3, -0.25) is 0 Å². The summed E-state index contributed by atoms with van der Waals surface area (Å²) < 4.78 is 51.1. The number of rotatable bonds is 4. The van der Waals surface area contributed by atoms with Gasteiger partial charge in [0.2, 0.25) is 11.8 Å². The first-order valence-electron chi connectivity index (χ1n) is 13.4. The fourth-order valence-corrected chi connectivity index (χ4v) is 6.94. The Labute approximate surface area is 250 Å². The van der Waals surface area contributed by atoms with Gasteiger partial charge in [0.15, 0.2) is 11.2 Å². The summed E-state index contributed by atoms with van der Waals surface area (Å²) in [5.74, 6) is 1.04. The number of aromatic nitrogens is 2. The monoisotopic (exact) mass is 608 g/mol. The highest BCUT2D eigenvalue weighted by atomic mass is 32.1. The third-order valence-electron chi connectivity index (χ3n) is 7.32. The summed E-state index contributed by atoms with van der Waals surface area (Å²) >= 11 is 3.06. The van der Waals surface area contributed by atoms with E-state index < -0.39 is 11.7 Å². The predicted octanol–water partition coefficient (Wildman–Crippen LogP) is 11.2. The van der Waals surface area contributed by atoms with Gasteiger partial charge in [-0.05, 0) is 89.5 Å². The summed E-state index contributed by atoms with van der Waals surface area (Å²) in [6, 6.07) is 29.3. The molecule has 0 N–H and O–H groups in total. The lowest BCUT2D eigenvalue weighted by Gasteiger charge is -2.06. The number of benzene rings is 4. The summed E-state index contributed by atoms with van der Waals surface area (Å²) in [6.45, 7) is 2.08. The van der Waals surface area contributed by atoms with E-state index in [1.165, 1.54) is 29.0 Å². The normalized spacial score (nSPS) is 12.2. The van der Waals surface area contributed by atoms with Crippen LogP contribution in [0.1, 0.15) is 11.1 Å². The van der Waals surface area contributed by atoms with Crippen LogP contribution in [0.4, 0.5) is 13.2 Å². The summed E-state index contributed by atoms with van der Waals surface area (Å²) in [7, 11) is 0. The maximum absolute atomic E-state index is 12.9. The number of aryl methyl sites for hydroxylation is 1. The first kappa shape index (κ1) is 25.9. The molecule has 0 bridgehead atoms. The second-order valence-corrected chi connectivity index (χ2v) is 12.5. The van der Waals surface area contributed by atoms with Crippen molar-refractivity contribution >= 4 is 55.6 Å². The largest absolute Gasteiger partial charge is 0.435 e. The summed E-state index contributed by atoms with van der Waals surface area (Å²) in [5, 5.41) is 1.90. The number of halogens is 3. The minimum Gasteiger partial charge on any atom is -0.435 e. The maximum atomic E-state index is 12.9. The van der Waals surface area contributed by atoms with Gasteiger partial charge in [-0.15, -0.1) is 22.7 Å². The van der Waals surface area contributed by atoms with E-state index in [2.05, 4.69) is 37.3 Å². The van der Waals surface area contributed by atoms with E-state index in [1.807, 2.05) is 42.5 Å². The lowest BCUT2D eigenvalue weighted by Crippen LogP contribution is -2.03. The molecule has 0 unspecified atom stereocenters. The van der Waals surface area contributed by atoms with Crippen molar-refractivity contribution in [3.05, 3.63) is 108 Å². The Morgan fingerprint density at radius 2 is 1.00 bits per heavy atom. The van der Waals surface area contributed by atoms with Crippen LogP contribution in [0.3, 0.4) is 0 Å². The highest BCUT2D eigenvalue weighted by Gasteiger charge is 2.30. The van der Waals surface area contributed by atoms with Crippen molar-refractivity contribution in [2.24, 2.45) is 0 Å². The molecule has 8 rings (SSSR count). The number of oxazole rings is 2. The van der Waals surface area contributed by atoms with Gasteiger partial charge in [-0.1, -0.05) is 42.0 Å². The smallest absolute Gasteiger partial charge is 0.416 e. The molecule has 8 aromatic rings. The Kier molecular flexibility index (Phi) is 5.82. The molecule has 0 spiro atoms. The second-order valence-electron chi connectivity index (χ2n) is 10.3. The quantitative estimate of drug-likeness (QED) is 0.199. The van der Waals surface area contributed by atoms with Gasteiger partial charge in [-0.25, -0.2) is 9.97 Å². The number of thiophene rings is 2. The molecule has 4 aromatic carbocycles. The third-order valence-corrected chi connectivity index (χ3v) is 9.56. The Morgan fingerprint density at radius 1 is 0.558 bits per heavy atom. The van der Waals surface area contributed by atoms with Crippen molar-refractivity contribution < 1.29 is 22.0 Å². The van der Waals surface area contributed by atoms with Crippen molar-refractivity contribution in [1.82, 2.24) is 9.97 Å². The van der Waals surface area contributed by atoms with Crippen molar-refractivity contribution in [3.63, 3.8) is 0 Å². The van der Waals surface area contributed by atoms with E-state index in [0.717, 1.165) is 53.5 Å². The molecule has 0 saturated heterocycles. The zero-order valence-electron chi connectivity index (χ0n) is 22.4. The minimum atomic E-state index is -4.36. The highest BCUT2D eigenvalue weighted by molar-refractivity contribution is 7.19. The fraction of sp³-hybridized carbons (Fsp3) is 0.0588. The van der Waals surface area contributed by atoms with Gasteiger partial charge in [0.05, 0.1) is 15.3 Å². The fourth-order valence-electron chi connectivity index (χ4n) is 5.06. The van der Waals surface area contributed by atoms with Crippen molar-refractivity contribution in [2.45, 2.75) is 13.1 Å². The Hall–Kier alpha value is -4.73. The molecule has 0 atom stereocenters. The van der Waals surface area contributed by atoms with Gasteiger partial charge in [0.25, 0.3) is 0 Å². The molecule has 4 aromatic heterocycles. The van der Waals surface area contributed by atoms with Gasteiger partial charge in [0, 0.05) is 9.75 Å². The second kappa shape index (κ2) is 9.65. The average Bonchev–Trinajstić information content (AvgIpc) is 3.80. The molecular formula is C34H19F3N2O2S2. The minimum absolute atomic E-state index is 0.458. The van der Waals surface area contributed by atoms with Crippen LogP contribution in [0.15, 0.2) is 106 Å². The summed E-state index contributed by atoms with van der Waals surface area (Å²) in [6.07, 6.45) is -4.36. The lowest BCUT2D eigenvalue weighted by molar-refractivity contribution is -0.137. The number of hydrogen-bond acceptors (Lipinski definition) is 6. The third kappa shape index (κ3) is 4.70. The number of nitrogens with zero attached hydrogens (tertiary/aromatic N) is 2. The van der Waals surface area contributed by atoms with Crippen LogP contribution < -0.4 is 0 Å². The topological polar surface area (TPSA) is 52.1 Å². The van der Waals surface area contributed by atoms with Gasteiger partial charge in [0.1, 0.15) is 11.0 Å². The van der Waals surface area contributed by atoms with Gasteiger partial charge >= 0.3 is 6.18 Å². The molecule has 0 aliphatic heterocycles. The van der Waals surface area contributed by atoms with Crippen molar-refractivity contribution in [1.29, 1.82) is 0 Å². The van der Waals surface area contributed by atoms with E-state index in [9.17, 15) is 13.2 Å². The highest BCUT2D eigenvalue weighted by Crippen LogP contribution is 2.39. The van der Waals surface area contributed by atoms with Crippen LogP contribution in [0.25, 0.3) is 75.4 Å². The lowest BCUT2D eigenvalue weighted by atomic mass is 10.1. The molecule has 0 aliphatic carbocycles. The average molecular weight is 609 g/mol. The molecule has 0 radical (unpaired) electrons. The molecule has 4 nitrogen and oxygen atoms in total. The van der Waals surface area contributed by atoms with Gasteiger partial charge in [-0.2, -0.15) is 13.2 Å². The predicted molar refractivity (Wildman–Crippen MR) is 166 cm³/mol. The van der Waals surface area contributed by atoms with Crippen LogP contribution >= 0.6 is 22.7 Å². The Balaban J connectivity index is 1.10. The van der Waals surface area contributed by atoms with E-state index >= 15 is 0 Å². The maximum Gasteiger partial charge on any atom is 0.416 e. The zero-order valence-corrected chi connectivity index (χ0v) is 24.0. The molecule has 0 fully saturated rings. The van der Waals surface area contributed by atoms with Crippen LogP contribution in [-0.2, 0) is 6.18 Å². The first-order valence-corrected chi connectivity index (χ1v) is 15.0. The molecular weight excluding hydrogens is 590 g/mol. The number of alkyl halides is 3. The standard InChI is InChI=1S/C34H19F3N2O2S2/c1-18-2-4-19(5-3-18)28-10-12-30(42-28)32-38-24-14-21-17-27-25(15-22(21)16-26(24)40-32)39-33(41-27)31-13-11-29(43-31)20-6-8-23(9-7-20)34(35,36)37/h2-17H,1H3. The van der Waals surface area contributed by atoms with Crippen molar-refractivity contribution in [3.8, 4) is 42.4 Å². The van der Waals surface area contributed by atoms with E-state index in [-0.39, 0.29) is 0 Å². The number of fused-ring (bicyclic) bond motifs is 3. The summed E-state index contributed by atoms with van der Waals surface area (Å²) in [4.78, 5) is 13.2. The molecule has 0 saturated carbocycles. The van der Waals surface area contributed by atoms with Gasteiger partial charge < -0.3 is 8.83 Å². The van der Waals surface area contributed by atoms with Crippen molar-refractivity contribution in [2.75, 3.05) is 0 Å². The number of hydrogen-bond donors (Lipinski definition) is 0. The van der Waals surface area contributed by atoms with Crippen LogP contribution in [0.2, 0.25) is 0 Å². The molecule has 0 amide bonds. The van der Waals surface area contributed by atoms with E-state index in [4.69, 9.17) is 18.8 Å². The van der Waals surface area contributed by atoms with E-state index in [0.29, 0.717) is 34.0 Å². The van der Waals surface area contributed by atoms with E-state index in [1.54, 1.807) is 11.3 Å². The first-order chi connectivity index (χ1) is 20.8. The molecule has 9 heteroatoms. The van der Waals surface area contributed by atoms with Crippen LogP contribution in [-0.4, -0.2) is 9.97 Å². The molecule has 210 valence electrons. The SMILES string of the molecule is Cc1ccc(-c2ccc(-c3nc4cc5cc6oc(-c7ccc(-c8ccc(C(F)(F)F)cc8)s7)nc6cc5cc4o3)s2)cc1. The van der Waals surface area contributed by atoms with Crippen LogP contribution in [0.5, 0.6) is 0 Å². The summed E-state index contributed by atoms with van der Waals surface area (Å²) in [5.41, 5.74) is 5.20. The van der Waals surface area contributed by atoms with Crippen LogP contribution in [0, 0.1) is 6.92 Å².